The second-order valence-electron chi connectivity index (χ2n) is 4.11. The average molecular weight is 328 g/mol. The third kappa shape index (κ3) is 1.84. The maximum absolute atomic E-state index is 5.76. The number of aromatic nitrogens is 2. The van der Waals surface area contributed by atoms with E-state index in [0.29, 0.717) is 0 Å². The smallest absolute Gasteiger partial charge is 0.150 e. The molecule has 1 aromatic heterocycles. The van der Waals surface area contributed by atoms with Crippen molar-refractivity contribution in [2.24, 2.45) is 0 Å². The molecule has 84 valence electrons. The van der Waals surface area contributed by atoms with Crippen molar-refractivity contribution in [2.75, 3.05) is 6.61 Å². The zero-order valence-electron chi connectivity index (χ0n) is 8.90. The van der Waals surface area contributed by atoms with Gasteiger partial charge >= 0.3 is 0 Å². The van der Waals surface area contributed by atoms with Crippen molar-refractivity contribution in [1.29, 1.82) is 0 Å². The molecule has 1 aromatic carbocycles. The van der Waals surface area contributed by atoms with Crippen LogP contribution in [0.1, 0.15) is 25.5 Å². The molecular formula is C12H13IN2O. The molecule has 0 radical (unpaired) electrons. The summed E-state index contributed by atoms with van der Waals surface area (Å²) in [4.78, 5) is 0. The van der Waals surface area contributed by atoms with Gasteiger partial charge in [-0.3, -0.25) is 0 Å². The summed E-state index contributed by atoms with van der Waals surface area (Å²) in [6.07, 6.45) is 5.54. The normalized spacial score (nSPS) is 21.4. The maximum atomic E-state index is 5.76. The van der Waals surface area contributed by atoms with Gasteiger partial charge in [-0.2, -0.15) is 5.10 Å². The van der Waals surface area contributed by atoms with Crippen molar-refractivity contribution >= 4 is 33.5 Å². The number of fused-ring (bicyclic) bond motifs is 1. The van der Waals surface area contributed by atoms with Crippen LogP contribution in [0.2, 0.25) is 0 Å². The molecule has 0 N–H and O–H groups in total. The summed E-state index contributed by atoms with van der Waals surface area (Å²) < 4.78 is 9.02. The molecule has 1 fully saturated rings. The second kappa shape index (κ2) is 4.33. The van der Waals surface area contributed by atoms with Gasteiger partial charge in [0.2, 0.25) is 0 Å². The number of benzene rings is 1. The second-order valence-corrected chi connectivity index (χ2v) is 5.36. The van der Waals surface area contributed by atoms with Gasteiger partial charge in [0.15, 0.2) is 6.23 Å². The van der Waals surface area contributed by atoms with Crippen LogP contribution in [0, 0.1) is 3.57 Å². The molecule has 3 nitrogen and oxygen atoms in total. The van der Waals surface area contributed by atoms with Crippen LogP contribution in [0.4, 0.5) is 0 Å². The summed E-state index contributed by atoms with van der Waals surface area (Å²) in [7, 11) is 0. The summed E-state index contributed by atoms with van der Waals surface area (Å²) in [5.74, 6) is 0. The van der Waals surface area contributed by atoms with Crippen molar-refractivity contribution in [3.05, 3.63) is 28.0 Å². The van der Waals surface area contributed by atoms with Gasteiger partial charge in [0.1, 0.15) is 0 Å². The lowest BCUT2D eigenvalue weighted by molar-refractivity contribution is -0.0366. The number of hydrogen-bond donors (Lipinski definition) is 0. The lowest BCUT2D eigenvalue weighted by Crippen LogP contribution is -2.18. The van der Waals surface area contributed by atoms with Crippen LogP contribution >= 0.6 is 22.6 Å². The molecule has 4 heteroatoms. The summed E-state index contributed by atoms with van der Waals surface area (Å²) in [5, 5.41) is 5.64. The molecule has 3 rings (SSSR count). The molecule has 0 saturated carbocycles. The van der Waals surface area contributed by atoms with Gasteiger partial charge in [-0.1, -0.05) is 0 Å². The lowest BCUT2D eigenvalue weighted by atomic mass is 10.2. The first-order valence-corrected chi connectivity index (χ1v) is 6.67. The minimum absolute atomic E-state index is 0.131. The number of nitrogens with zero attached hydrogens (tertiary/aromatic N) is 2. The Morgan fingerprint density at radius 1 is 1.38 bits per heavy atom. The minimum atomic E-state index is 0.131. The first kappa shape index (κ1) is 10.5. The van der Waals surface area contributed by atoms with Crippen LogP contribution in [0.5, 0.6) is 0 Å². The quantitative estimate of drug-likeness (QED) is 0.751. The molecule has 0 bridgehead atoms. The van der Waals surface area contributed by atoms with Gasteiger partial charge in [0, 0.05) is 15.6 Å². The number of halogens is 1. The van der Waals surface area contributed by atoms with E-state index in [9.17, 15) is 0 Å². The molecule has 1 atom stereocenters. The third-order valence-electron chi connectivity index (χ3n) is 2.99. The molecule has 0 aliphatic carbocycles. The fourth-order valence-corrected chi connectivity index (χ4v) is 2.69. The molecule has 1 aliphatic rings. The molecule has 0 amide bonds. The van der Waals surface area contributed by atoms with Crippen LogP contribution in [0.3, 0.4) is 0 Å². The van der Waals surface area contributed by atoms with Gasteiger partial charge in [-0.05, 0) is 60.1 Å². The zero-order chi connectivity index (χ0) is 11.0. The van der Waals surface area contributed by atoms with Crippen LogP contribution in [-0.4, -0.2) is 16.4 Å². The number of rotatable bonds is 1. The van der Waals surface area contributed by atoms with E-state index < -0.39 is 0 Å². The molecule has 2 aromatic rings. The molecule has 1 aliphatic heterocycles. The molecule has 16 heavy (non-hydrogen) atoms. The Hall–Kier alpha value is -0.620. The molecule has 0 unspecified atom stereocenters. The predicted octanol–water partition coefficient (Wildman–Crippen LogP) is 3.34. The first-order chi connectivity index (χ1) is 7.84. The highest BCUT2D eigenvalue weighted by atomic mass is 127. The average Bonchev–Trinajstić information content (AvgIpc) is 2.73. The maximum Gasteiger partial charge on any atom is 0.150 e. The van der Waals surface area contributed by atoms with Gasteiger partial charge in [-0.25, -0.2) is 4.68 Å². The van der Waals surface area contributed by atoms with Crippen LogP contribution < -0.4 is 0 Å². The standard InChI is InChI=1S/C12H13IN2O/c13-10-4-5-11-9(7-10)8-14-15(11)12-3-1-2-6-16-12/h4-5,7-8,12H,1-3,6H2/t12-/m0/s1. The SMILES string of the molecule is Ic1ccc2c(cnn2[C@@H]2CCCCO2)c1. The molecule has 1 saturated heterocycles. The highest BCUT2D eigenvalue weighted by Gasteiger charge is 2.18. The fourth-order valence-electron chi connectivity index (χ4n) is 2.17. The van der Waals surface area contributed by atoms with E-state index in [2.05, 4.69) is 45.9 Å². The molecule has 2 heterocycles. The summed E-state index contributed by atoms with van der Waals surface area (Å²) in [6, 6.07) is 6.40. The van der Waals surface area contributed by atoms with Crippen LogP contribution in [0.25, 0.3) is 10.9 Å². The van der Waals surface area contributed by atoms with E-state index >= 15 is 0 Å². The highest BCUT2D eigenvalue weighted by molar-refractivity contribution is 14.1. The third-order valence-corrected chi connectivity index (χ3v) is 3.66. The molecular weight excluding hydrogens is 315 g/mol. The van der Waals surface area contributed by atoms with E-state index in [-0.39, 0.29) is 6.23 Å². The minimum Gasteiger partial charge on any atom is -0.356 e. The van der Waals surface area contributed by atoms with E-state index in [1.807, 2.05) is 10.9 Å². The van der Waals surface area contributed by atoms with Gasteiger partial charge in [-0.15, -0.1) is 0 Å². The summed E-state index contributed by atoms with van der Waals surface area (Å²) in [5.41, 5.74) is 1.17. The Balaban J connectivity index is 2.03. The lowest BCUT2D eigenvalue weighted by Gasteiger charge is -2.23. The summed E-state index contributed by atoms with van der Waals surface area (Å²) >= 11 is 2.32. The Morgan fingerprint density at radius 2 is 2.31 bits per heavy atom. The van der Waals surface area contributed by atoms with E-state index in [4.69, 9.17) is 4.74 Å². The molecule has 0 spiro atoms. The van der Waals surface area contributed by atoms with Crippen LogP contribution in [-0.2, 0) is 4.74 Å². The van der Waals surface area contributed by atoms with Crippen LogP contribution in [0.15, 0.2) is 24.4 Å². The summed E-state index contributed by atoms with van der Waals surface area (Å²) in [6.45, 7) is 0.858. The number of hydrogen-bond acceptors (Lipinski definition) is 2. The predicted molar refractivity (Wildman–Crippen MR) is 71.3 cm³/mol. The largest absolute Gasteiger partial charge is 0.356 e. The van der Waals surface area contributed by atoms with Crippen molar-refractivity contribution in [1.82, 2.24) is 9.78 Å². The monoisotopic (exact) mass is 328 g/mol. The van der Waals surface area contributed by atoms with Crippen molar-refractivity contribution in [3.63, 3.8) is 0 Å². The van der Waals surface area contributed by atoms with E-state index in [0.717, 1.165) is 13.0 Å². The van der Waals surface area contributed by atoms with Crippen molar-refractivity contribution < 1.29 is 4.74 Å². The topological polar surface area (TPSA) is 27.1 Å². The first-order valence-electron chi connectivity index (χ1n) is 5.59. The van der Waals surface area contributed by atoms with Gasteiger partial charge in [0.05, 0.1) is 11.7 Å². The van der Waals surface area contributed by atoms with Gasteiger partial charge in [0.25, 0.3) is 0 Å². The fraction of sp³-hybridized carbons (Fsp3) is 0.417. The van der Waals surface area contributed by atoms with Crippen molar-refractivity contribution in [2.45, 2.75) is 25.5 Å². The Morgan fingerprint density at radius 3 is 3.12 bits per heavy atom. The Labute approximate surface area is 108 Å². The van der Waals surface area contributed by atoms with Gasteiger partial charge < -0.3 is 4.74 Å². The number of ether oxygens (including phenoxy) is 1. The van der Waals surface area contributed by atoms with Crippen molar-refractivity contribution in [3.8, 4) is 0 Å². The highest BCUT2D eigenvalue weighted by Crippen LogP contribution is 2.26. The Bertz CT molecular complexity index is 503. The van der Waals surface area contributed by atoms with E-state index in [1.165, 1.54) is 27.3 Å². The Kier molecular flexibility index (Phi) is 2.85. The van der Waals surface area contributed by atoms with E-state index in [1.54, 1.807) is 0 Å². The zero-order valence-corrected chi connectivity index (χ0v) is 11.1.